The molecular formula is C16H12ClF2NO3. The molecule has 0 saturated carbocycles. The number of nitrogens with one attached hydrogen (secondary N) is 1. The molecule has 0 bridgehead atoms. The molecule has 0 aliphatic heterocycles. The molecule has 2 rings (SSSR count). The summed E-state index contributed by atoms with van der Waals surface area (Å²) >= 11 is 5.67. The predicted molar refractivity (Wildman–Crippen MR) is 81.5 cm³/mol. The number of aryl methyl sites for hydroxylation is 1. The van der Waals surface area contributed by atoms with E-state index in [1.807, 2.05) is 0 Å². The monoisotopic (exact) mass is 339 g/mol. The molecule has 0 heterocycles. The van der Waals surface area contributed by atoms with Crippen LogP contribution in [0.4, 0.5) is 14.5 Å². The largest absolute Gasteiger partial charge is 0.452 e. The molecule has 0 aromatic heterocycles. The van der Waals surface area contributed by atoms with E-state index in [2.05, 4.69) is 10.1 Å². The first-order valence-corrected chi connectivity index (χ1v) is 6.93. The number of benzene rings is 2. The lowest BCUT2D eigenvalue weighted by Crippen LogP contribution is -2.21. The maximum absolute atomic E-state index is 13.6. The average Bonchev–Trinajstić information content (AvgIpc) is 2.50. The predicted octanol–water partition coefficient (Wildman–Crippen LogP) is 3.72. The molecule has 0 spiro atoms. The summed E-state index contributed by atoms with van der Waals surface area (Å²) in [5.74, 6) is -3.21. The van der Waals surface area contributed by atoms with E-state index in [1.165, 1.54) is 18.2 Å². The van der Waals surface area contributed by atoms with E-state index < -0.39 is 30.1 Å². The Balaban J connectivity index is 1.96. The quantitative estimate of drug-likeness (QED) is 0.864. The maximum Gasteiger partial charge on any atom is 0.341 e. The van der Waals surface area contributed by atoms with Crippen LogP contribution in [-0.2, 0) is 9.53 Å². The maximum atomic E-state index is 13.6. The summed E-state index contributed by atoms with van der Waals surface area (Å²) in [6.45, 7) is 1.02. The Morgan fingerprint density at radius 1 is 1.13 bits per heavy atom. The third kappa shape index (κ3) is 4.50. The zero-order valence-corrected chi connectivity index (χ0v) is 12.8. The molecule has 0 unspecified atom stereocenters. The van der Waals surface area contributed by atoms with Crippen molar-refractivity contribution in [2.24, 2.45) is 0 Å². The minimum Gasteiger partial charge on any atom is -0.452 e. The fourth-order valence-electron chi connectivity index (χ4n) is 1.77. The van der Waals surface area contributed by atoms with Crippen LogP contribution >= 0.6 is 11.6 Å². The Kier molecular flexibility index (Phi) is 5.28. The van der Waals surface area contributed by atoms with Crippen molar-refractivity contribution in [3.05, 3.63) is 64.2 Å². The molecule has 0 aliphatic carbocycles. The van der Waals surface area contributed by atoms with Gasteiger partial charge in [-0.1, -0.05) is 17.7 Å². The Morgan fingerprint density at radius 3 is 2.57 bits per heavy atom. The number of carbonyl (C=O) groups excluding carboxylic acids is 2. The highest BCUT2D eigenvalue weighted by Crippen LogP contribution is 2.17. The minimum absolute atomic E-state index is 0.0365. The third-order valence-corrected chi connectivity index (χ3v) is 3.12. The second-order valence-corrected chi connectivity index (χ2v) is 5.17. The van der Waals surface area contributed by atoms with Crippen molar-refractivity contribution in [1.29, 1.82) is 0 Å². The molecule has 1 amide bonds. The molecule has 0 fully saturated rings. The van der Waals surface area contributed by atoms with E-state index in [0.717, 1.165) is 12.1 Å². The van der Waals surface area contributed by atoms with Gasteiger partial charge in [0.1, 0.15) is 11.6 Å². The van der Waals surface area contributed by atoms with Crippen LogP contribution in [0.5, 0.6) is 0 Å². The van der Waals surface area contributed by atoms with Gasteiger partial charge in [-0.25, -0.2) is 13.6 Å². The summed E-state index contributed by atoms with van der Waals surface area (Å²) in [4.78, 5) is 23.4. The third-order valence-electron chi connectivity index (χ3n) is 2.88. The van der Waals surface area contributed by atoms with Crippen LogP contribution in [0.2, 0.25) is 5.02 Å². The Hall–Kier alpha value is -2.47. The lowest BCUT2D eigenvalue weighted by molar-refractivity contribution is -0.119. The summed E-state index contributed by atoms with van der Waals surface area (Å²) in [6.07, 6.45) is 0. The van der Waals surface area contributed by atoms with E-state index in [9.17, 15) is 18.4 Å². The Bertz CT molecular complexity index is 765. The van der Waals surface area contributed by atoms with Gasteiger partial charge < -0.3 is 10.1 Å². The lowest BCUT2D eigenvalue weighted by Gasteiger charge is -2.08. The van der Waals surface area contributed by atoms with E-state index in [4.69, 9.17) is 11.6 Å². The molecule has 23 heavy (non-hydrogen) atoms. The normalized spacial score (nSPS) is 10.3. The van der Waals surface area contributed by atoms with Crippen molar-refractivity contribution >= 4 is 29.2 Å². The highest BCUT2D eigenvalue weighted by Gasteiger charge is 2.16. The average molecular weight is 340 g/mol. The number of halogens is 3. The molecule has 0 radical (unpaired) electrons. The number of amides is 1. The second-order valence-electron chi connectivity index (χ2n) is 4.73. The first-order valence-electron chi connectivity index (χ1n) is 6.55. The molecule has 0 saturated heterocycles. The van der Waals surface area contributed by atoms with Gasteiger partial charge in [-0.2, -0.15) is 0 Å². The molecule has 1 N–H and O–H groups in total. The van der Waals surface area contributed by atoms with Crippen LogP contribution in [-0.4, -0.2) is 18.5 Å². The minimum atomic E-state index is -1.04. The number of ether oxygens (including phenoxy) is 1. The fourth-order valence-corrected chi connectivity index (χ4v) is 1.94. The van der Waals surface area contributed by atoms with Crippen molar-refractivity contribution in [3.63, 3.8) is 0 Å². The molecule has 0 aliphatic rings. The summed E-state index contributed by atoms with van der Waals surface area (Å²) in [5.41, 5.74) is 0.278. The van der Waals surface area contributed by atoms with Crippen LogP contribution in [0.1, 0.15) is 15.9 Å². The molecule has 120 valence electrons. The number of esters is 1. The van der Waals surface area contributed by atoms with Gasteiger partial charge >= 0.3 is 5.97 Å². The van der Waals surface area contributed by atoms with Gasteiger partial charge in [0.25, 0.3) is 5.91 Å². The summed E-state index contributed by atoms with van der Waals surface area (Å²) in [7, 11) is 0. The van der Waals surface area contributed by atoms with Crippen LogP contribution in [0.3, 0.4) is 0 Å². The van der Waals surface area contributed by atoms with Crippen LogP contribution < -0.4 is 5.32 Å². The summed E-state index contributed by atoms with van der Waals surface area (Å²) in [5, 5.41) is 2.42. The SMILES string of the molecule is Cc1ccc(NC(=O)COC(=O)c2cc(Cl)ccc2F)c(F)c1. The van der Waals surface area contributed by atoms with Gasteiger partial charge in [-0.05, 0) is 42.8 Å². The van der Waals surface area contributed by atoms with Gasteiger partial charge in [0.05, 0.1) is 11.3 Å². The van der Waals surface area contributed by atoms with Gasteiger partial charge in [0.2, 0.25) is 0 Å². The fraction of sp³-hybridized carbons (Fsp3) is 0.125. The highest BCUT2D eigenvalue weighted by atomic mass is 35.5. The van der Waals surface area contributed by atoms with Crippen LogP contribution in [0, 0.1) is 18.6 Å². The van der Waals surface area contributed by atoms with Gasteiger partial charge in [0.15, 0.2) is 6.61 Å². The molecule has 7 heteroatoms. The number of anilines is 1. The molecular weight excluding hydrogens is 328 g/mol. The number of rotatable bonds is 4. The summed E-state index contributed by atoms with van der Waals surface area (Å²) < 4.78 is 31.7. The molecule has 2 aromatic rings. The topological polar surface area (TPSA) is 55.4 Å². The van der Waals surface area contributed by atoms with Crippen molar-refractivity contribution < 1.29 is 23.1 Å². The molecule has 2 aromatic carbocycles. The van der Waals surface area contributed by atoms with Crippen LogP contribution in [0.25, 0.3) is 0 Å². The second kappa shape index (κ2) is 7.19. The van der Waals surface area contributed by atoms with E-state index in [0.29, 0.717) is 5.56 Å². The molecule has 0 atom stereocenters. The Labute approximate surface area is 136 Å². The van der Waals surface area contributed by atoms with E-state index >= 15 is 0 Å². The number of hydrogen-bond donors (Lipinski definition) is 1. The van der Waals surface area contributed by atoms with Crippen molar-refractivity contribution in [3.8, 4) is 0 Å². The number of carbonyl (C=O) groups is 2. The van der Waals surface area contributed by atoms with E-state index in [-0.39, 0.29) is 16.3 Å². The van der Waals surface area contributed by atoms with Crippen molar-refractivity contribution in [2.45, 2.75) is 6.92 Å². The highest BCUT2D eigenvalue weighted by molar-refractivity contribution is 6.30. The first kappa shape index (κ1) is 16.9. The van der Waals surface area contributed by atoms with Crippen molar-refractivity contribution in [2.75, 3.05) is 11.9 Å². The van der Waals surface area contributed by atoms with E-state index in [1.54, 1.807) is 13.0 Å². The lowest BCUT2D eigenvalue weighted by atomic mass is 10.2. The van der Waals surface area contributed by atoms with Crippen LogP contribution in [0.15, 0.2) is 36.4 Å². The Morgan fingerprint density at radius 2 is 1.87 bits per heavy atom. The zero-order valence-electron chi connectivity index (χ0n) is 12.0. The smallest absolute Gasteiger partial charge is 0.341 e. The summed E-state index contributed by atoms with van der Waals surface area (Å²) in [6, 6.07) is 7.65. The molecule has 4 nitrogen and oxygen atoms in total. The number of hydrogen-bond acceptors (Lipinski definition) is 3. The van der Waals surface area contributed by atoms with Crippen molar-refractivity contribution in [1.82, 2.24) is 0 Å². The standard InChI is InChI=1S/C16H12ClF2NO3/c1-9-2-5-14(13(19)6-9)20-15(21)8-23-16(22)11-7-10(17)3-4-12(11)18/h2-7H,8H2,1H3,(H,20,21). The zero-order chi connectivity index (χ0) is 17.0. The van der Waals surface area contributed by atoms with Gasteiger partial charge in [-0.15, -0.1) is 0 Å². The first-order chi connectivity index (χ1) is 10.9. The van der Waals surface area contributed by atoms with Gasteiger partial charge in [0, 0.05) is 5.02 Å². The van der Waals surface area contributed by atoms with Gasteiger partial charge in [-0.3, -0.25) is 4.79 Å².